The summed E-state index contributed by atoms with van der Waals surface area (Å²) in [7, 11) is 0. The molecule has 0 heterocycles. The van der Waals surface area contributed by atoms with Gasteiger partial charge in [0.15, 0.2) is 5.78 Å². The predicted octanol–water partition coefficient (Wildman–Crippen LogP) is 1.46. The van der Waals surface area contributed by atoms with E-state index < -0.39 is 6.10 Å². The summed E-state index contributed by atoms with van der Waals surface area (Å²) >= 11 is 0. The van der Waals surface area contributed by atoms with Gasteiger partial charge in [0.2, 0.25) is 0 Å². The van der Waals surface area contributed by atoms with Crippen LogP contribution in [-0.2, 0) is 4.79 Å². The first-order valence-electron chi connectivity index (χ1n) is 4.70. The fourth-order valence-corrected chi connectivity index (χ4v) is 2.25. The molecule has 2 nitrogen and oxygen atoms in total. The van der Waals surface area contributed by atoms with E-state index in [1.165, 1.54) is 6.08 Å². The summed E-state index contributed by atoms with van der Waals surface area (Å²) in [6.45, 7) is 2.10. The lowest BCUT2D eigenvalue weighted by Crippen LogP contribution is -2.43. The van der Waals surface area contributed by atoms with Crippen LogP contribution in [0.4, 0.5) is 0 Å². The van der Waals surface area contributed by atoms with Crippen molar-refractivity contribution in [2.45, 2.75) is 25.9 Å². The molecule has 2 heteroatoms. The highest BCUT2D eigenvalue weighted by molar-refractivity contribution is 5.94. The lowest BCUT2D eigenvalue weighted by Gasteiger charge is -2.41. The zero-order valence-corrected chi connectivity index (χ0v) is 7.73. The summed E-state index contributed by atoms with van der Waals surface area (Å²) in [5, 5.41) is 9.70. The molecule has 0 saturated heterocycles. The fraction of sp³-hybridized carbons (Fsp3) is 0.545. The number of aliphatic hydroxyl groups excluding tert-OH is 1. The standard InChI is InChI=1S/C11H14O2/c1-11-6-3-2-4-8(11)10(13)9(12)5-7-11/h2-3,5,7-8,10,13H,4,6H2,1H3/t8-,10+,11-/m1/s1. The van der Waals surface area contributed by atoms with E-state index >= 15 is 0 Å². The van der Waals surface area contributed by atoms with Gasteiger partial charge in [-0.2, -0.15) is 0 Å². The summed E-state index contributed by atoms with van der Waals surface area (Å²) in [6.07, 6.45) is 8.62. The van der Waals surface area contributed by atoms with E-state index in [0.29, 0.717) is 0 Å². The SMILES string of the molecule is C[C@@]12C=CC(=O)[C@@H](O)[C@H]1CC=CC2. The van der Waals surface area contributed by atoms with Crippen LogP contribution in [-0.4, -0.2) is 17.0 Å². The lowest BCUT2D eigenvalue weighted by molar-refractivity contribution is -0.128. The molecular formula is C11H14O2. The highest BCUT2D eigenvalue weighted by Gasteiger charge is 2.42. The van der Waals surface area contributed by atoms with Crippen LogP contribution in [0, 0.1) is 11.3 Å². The van der Waals surface area contributed by atoms with Gasteiger partial charge in [0.1, 0.15) is 6.10 Å². The normalized spacial score (nSPS) is 43.4. The summed E-state index contributed by atoms with van der Waals surface area (Å²) in [4.78, 5) is 11.2. The molecule has 3 atom stereocenters. The minimum Gasteiger partial charge on any atom is -0.385 e. The van der Waals surface area contributed by atoms with Crippen LogP contribution < -0.4 is 0 Å². The smallest absolute Gasteiger partial charge is 0.184 e. The third-order valence-electron chi connectivity index (χ3n) is 3.26. The molecule has 13 heavy (non-hydrogen) atoms. The first-order chi connectivity index (χ1) is 6.13. The average Bonchev–Trinajstić information content (AvgIpc) is 2.12. The average molecular weight is 178 g/mol. The fourth-order valence-electron chi connectivity index (χ4n) is 2.25. The van der Waals surface area contributed by atoms with Crippen molar-refractivity contribution in [1.82, 2.24) is 0 Å². The molecule has 0 spiro atoms. The quantitative estimate of drug-likeness (QED) is 0.570. The van der Waals surface area contributed by atoms with Gasteiger partial charge in [0.05, 0.1) is 0 Å². The highest BCUT2D eigenvalue weighted by atomic mass is 16.3. The van der Waals surface area contributed by atoms with Crippen molar-refractivity contribution in [2.24, 2.45) is 11.3 Å². The number of allylic oxidation sites excluding steroid dienone is 3. The van der Waals surface area contributed by atoms with Gasteiger partial charge in [-0.3, -0.25) is 4.79 Å². The maximum atomic E-state index is 11.2. The van der Waals surface area contributed by atoms with Crippen molar-refractivity contribution >= 4 is 5.78 Å². The van der Waals surface area contributed by atoms with Crippen LogP contribution in [0.25, 0.3) is 0 Å². The van der Waals surface area contributed by atoms with Gasteiger partial charge >= 0.3 is 0 Å². The Bertz CT molecular complexity index is 290. The Morgan fingerprint density at radius 1 is 1.54 bits per heavy atom. The van der Waals surface area contributed by atoms with Crippen molar-refractivity contribution in [3.05, 3.63) is 24.3 Å². The second-order valence-electron chi connectivity index (χ2n) is 4.20. The number of carbonyl (C=O) groups is 1. The molecule has 0 aromatic carbocycles. The maximum Gasteiger partial charge on any atom is 0.184 e. The minimum absolute atomic E-state index is 0.0118. The third-order valence-corrected chi connectivity index (χ3v) is 3.26. The molecule has 1 N–H and O–H groups in total. The monoisotopic (exact) mass is 178 g/mol. The Balaban J connectivity index is 2.37. The van der Waals surface area contributed by atoms with E-state index in [-0.39, 0.29) is 17.1 Å². The number of ketones is 1. The molecule has 0 bridgehead atoms. The lowest BCUT2D eigenvalue weighted by atomic mass is 9.64. The second kappa shape index (κ2) is 2.81. The van der Waals surface area contributed by atoms with E-state index in [1.54, 1.807) is 0 Å². The number of fused-ring (bicyclic) bond motifs is 1. The van der Waals surface area contributed by atoms with Gasteiger partial charge < -0.3 is 5.11 Å². The van der Waals surface area contributed by atoms with Gasteiger partial charge in [-0.1, -0.05) is 25.2 Å². The molecule has 0 amide bonds. The minimum atomic E-state index is -0.792. The Morgan fingerprint density at radius 2 is 2.31 bits per heavy atom. The third kappa shape index (κ3) is 1.25. The summed E-state index contributed by atoms with van der Waals surface area (Å²) in [5.41, 5.74) is -0.0118. The molecule has 2 aliphatic carbocycles. The van der Waals surface area contributed by atoms with E-state index in [4.69, 9.17) is 0 Å². The Morgan fingerprint density at radius 3 is 3.08 bits per heavy atom. The van der Waals surface area contributed by atoms with Crippen LogP contribution in [0.1, 0.15) is 19.8 Å². The molecule has 0 unspecified atom stereocenters. The van der Waals surface area contributed by atoms with E-state index in [9.17, 15) is 9.90 Å². The van der Waals surface area contributed by atoms with Crippen molar-refractivity contribution in [3.8, 4) is 0 Å². The van der Waals surface area contributed by atoms with Gasteiger partial charge in [-0.15, -0.1) is 0 Å². The van der Waals surface area contributed by atoms with Crippen LogP contribution >= 0.6 is 0 Å². The van der Waals surface area contributed by atoms with Crippen LogP contribution in [0.2, 0.25) is 0 Å². The summed E-state index contributed by atoms with van der Waals surface area (Å²) < 4.78 is 0. The van der Waals surface area contributed by atoms with Crippen molar-refractivity contribution in [1.29, 1.82) is 0 Å². The first-order valence-corrected chi connectivity index (χ1v) is 4.70. The molecule has 0 saturated carbocycles. The molecule has 2 rings (SSSR count). The zero-order chi connectivity index (χ0) is 9.47. The molecular weight excluding hydrogens is 164 g/mol. The van der Waals surface area contributed by atoms with Crippen LogP contribution in [0.15, 0.2) is 24.3 Å². The molecule has 0 fully saturated rings. The van der Waals surface area contributed by atoms with Gasteiger partial charge in [-0.25, -0.2) is 0 Å². The zero-order valence-electron chi connectivity index (χ0n) is 7.73. The van der Waals surface area contributed by atoms with Crippen molar-refractivity contribution < 1.29 is 9.90 Å². The van der Waals surface area contributed by atoms with Crippen LogP contribution in [0.5, 0.6) is 0 Å². The Kier molecular flexibility index (Phi) is 1.88. The molecule has 0 radical (unpaired) electrons. The molecule has 2 aliphatic rings. The summed E-state index contributed by atoms with van der Waals surface area (Å²) in [6, 6.07) is 0. The largest absolute Gasteiger partial charge is 0.385 e. The number of hydrogen-bond acceptors (Lipinski definition) is 2. The predicted molar refractivity (Wildman–Crippen MR) is 50.1 cm³/mol. The van der Waals surface area contributed by atoms with Gasteiger partial charge in [0.25, 0.3) is 0 Å². The first kappa shape index (κ1) is 8.70. The highest BCUT2D eigenvalue weighted by Crippen LogP contribution is 2.43. The van der Waals surface area contributed by atoms with Crippen LogP contribution in [0.3, 0.4) is 0 Å². The van der Waals surface area contributed by atoms with Crippen molar-refractivity contribution in [3.63, 3.8) is 0 Å². The maximum absolute atomic E-state index is 11.2. The van der Waals surface area contributed by atoms with Crippen molar-refractivity contribution in [2.75, 3.05) is 0 Å². The topological polar surface area (TPSA) is 37.3 Å². The Labute approximate surface area is 78.0 Å². The molecule has 0 aliphatic heterocycles. The second-order valence-corrected chi connectivity index (χ2v) is 4.20. The number of aliphatic hydroxyl groups is 1. The number of carbonyl (C=O) groups excluding carboxylic acids is 1. The number of rotatable bonds is 0. The summed E-state index contributed by atoms with van der Waals surface area (Å²) in [5.74, 6) is -0.0622. The van der Waals surface area contributed by atoms with Gasteiger partial charge in [0, 0.05) is 5.92 Å². The Hall–Kier alpha value is -0.890. The van der Waals surface area contributed by atoms with Gasteiger partial charge in [-0.05, 0) is 24.3 Å². The molecule has 0 aromatic rings. The molecule has 0 aromatic heterocycles. The number of hydrogen-bond donors (Lipinski definition) is 1. The van der Waals surface area contributed by atoms with E-state index in [0.717, 1.165) is 12.8 Å². The molecule has 70 valence electrons. The van der Waals surface area contributed by atoms with E-state index in [1.807, 2.05) is 6.08 Å². The van der Waals surface area contributed by atoms with E-state index in [2.05, 4.69) is 19.1 Å².